The van der Waals surface area contributed by atoms with E-state index in [0.717, 1.165) is 35.4 Å². The lowest BCUT2D eigenvalue weighted by Gasteiger charge is -2.35. The van der Waals surface area contributed by atoms with Gasteiger partial charge in [0, 0.05) is 17.8 Å². The first-order valence-electron chi connectivity index (χ1n) is 8.55. The van der Waals surface area contributed by atoms with Crippen molar-refractivity contribution in [3.63, 3.8) is 0 Å². The highest BCUT2D eigenvalue weighted by atomic mass is 19.3. The highest BCUT2D eigenvalue weighted by molar-refractivity contribution is 5.91. The van der Waals surface area contributed by atoms with Gasteiger partial charge < -0.3 is 5.11 Å². The zero-order valence-electron chi connectivity index (χ0n) is 15.5. The molecule has 0 bridgehead atoms. The van der Waals surface area contributed by atoms with Crippen LogP contribution in [0.15, 0.2) is 48.9 Å². The highest BCUT2D eigenvalue weighted by Gasteiger charge is 2.57. The molecule has 3 aromatic rings. The van der Waals surface area contributed by atoms with Gasteiger partial charge in [-0.05, 0) is 53.3 Å². The predicted molar refractivity (Wildman–Crippen MR) is 95.9 cm³/mol. The lowest BCUT2D eigenvalue weighted by Crippen LogP contribution is -2.48. The average molecular weight is 421 g/mol. The van der Waals surface area contributed by atoms with Crippen LogP contribution in [0.2, 0.25) is 0 Å². The van der Waals surface area contributed by atoms with Crippen molar-refractivity contribution in [2.75, 3.05) is 0 Å². The molecule has 0 aliphatic carbocycles. The van der Waals surface area contributed by atoms with Gasteiger partial charge in [0.15, 0.2) is 11.4 Å². The first kappa shape index (κ1) is 21.2. The van der Waals surface area contributed by atoms with E-state index in [4.69, 9.17) is 0 Å². The van der Waals surface area contributed by atoms with E-state index >= 15 is 8.78 Å². The Hall–Kier alpha value is -3.47. The molecular formula is C19H15F4N5O2. The Bertz CT molecular complexity index is 1070. The second-order valence-corrected chi connectivity index (χ2v) is 6.49. The van der Waals surface area contributed by atoms with Crippen LogP contribution in [0.3, 0.4) is 0 Å². The number of carbonyl (C=O) groups is 1. The third-order valence-electron chi connectivity index (χ3n) is 4.30. The van der Waals surface area contributed by atoms with Crippen molar-refractivity contribution >= 4 is 11.9 Å². The minimum atomic E-state index is -4.14. The van der Waals surface area contributed by atoms with E-state index < -0.39 is 41.0 Å². The van der Waals surface area contributed by atoms with Crippen molar-refractivity contribution in [2.45, 2.75) is 25.0 Å². The molecule has 1 unspecified atom stereocenters. The summed E-state index contributed by atoms with van der Waals surface area (Å²) in [6.45, 7) is 0.381. The van der Waals surface area contributed by atoms with E-state index in [1.165, 1.54) is 25.1 Å². The molecule has 0 aliphatic heterocycles. The van der Waals surface area contributed by atoms with Gasteiger partial charge in [0.2, 0.25) is 0 Å². The van der Waals surface area contributed by atoms with Crippen LogP contribution in [-0.2, 0) is 22.9 Å². The Morgan fingerprint density at radius 1 is 1.23 bits per heavy atom. The van der Waals surface area contributed by atoms with Gasteiger partial charge in [0.1, 0.15) is 23.7 Å². The van der Waals surface area contributed by atoms with Crippen molar-refractivity contribution in [3.8, 4) is 0 Å². The maximum Gasteiger partial charge on any atom is 0.323 e. The number of carbonyl (C=O) groups excluding carboxylic acids is 1. The number of aliphatic hydroxyl groups is 1. The molecule has 7 nitrogen and oxygen atoms in total. The molecule has 11 heteroatoms. The molecule has 2 aromatic heterocycles. The van der Waals surface area contributed by atoms with Crippen LogP contribution >= 0.6 is 0 Å². The van der Waals surface area contributed by atoms with Crippen LogP contribution in [0.25, 0.3) is 6.08 Å². The van der Waals surface area contributed by atoms with Gasteiger partial charge in [-0.15, -0.1) is 5.10 Å². The number of hydrogen-bond acceptors (Lipinski definition) is 6. The molecule has 1 atom stereocenters. The summed E-state index contributed by atoms with van der Waals surface area (Å²) in [5.74, 6) is -6.75. The summed E-state index contributed by atoms with van der Waals surface area (Å²) in [7, 11) is 0. The summed E-state index contributed by atoms with van der Waals surface area (Å²) in [5, 5.41) is 21.1. The summed E-state index contributed by atoms with van der Waals surface area (Å²) in [5.41, 5.74) is -4.57. The van der Waals surface area contributed by atoms with Crippen LogP contribution < -0.4 is 0 Å². The fourth-order valence-electron chi connectivity index (χ4n) is 2.78. The topological polar surface area (TPSA) is 93.8 Å². The monoisotopic (exact) mass is 421 g/mol. The first-order valence-corrected chi connectivity index (χ1v) is 8.55. The standard InChI is InChI=1S/C19H15F4N5O2/c1-12(29)2-3-13-4-7-17(24-9-13)19(22,23)18(30,10-28-11-25-26-27-28)15-6-5-14(20)8-16(15)21/h2-9,11,30H,10H2,1H3. The Balaban J connectivity index is 2.08. The summed E-state index contributed by atoms with van der Waals surface area (Å²) < 4.78 is 59.5. The molecule has 0 saturated carbocycles. The summed E-state index contributed by atoms with van der Waals surface area (Å²) in [6.07, 6.45) is 4.65. The Morgan fingerprint density at radius 3 is 2.57 bits per heavy atom. The van der Waals surface area contributed by atoms with Crippen LogP contribution in [-0.4, -0.2) is 36.1 Å². The van der Waals surface area contributed by atoms with E-state index in [0.29, 0.717) is 11.6 Å². The number of alkyl halides is 2. The molecule has 0 spiro atoms. The molecule has 0 fully saturated rings. The van der Waals surface area contributed by atoms with Gasteiger partial charge in [0.25, 0.3) is 0 Å². The zero-order valence-corrected chi connectivity index (χ0v) is 15.5. The number of halogens is 4. The van der Waals surface area contributed by atoms with E-state index in [9.17, 15) is 18.7 Å². The fraction of sp³-hybridized carbons (Fsp3) is 0.211. The summed E-state index contributed by atoms with van der Waals surface area (Å²) in [4.78, 5) is 14.7. The molecule has 2 heterocycles. The normalized spacial score (nSPS) is 14.1. The highest BCUT2D eigenvalue weighted by Crippen LogP contribution is 2.46. The number of tetrazole rings is 1. The third kappa shape index (κ3) is 4.10. The molecule has 0 radical (unpaired) electrons. The molecular weight excluding hydrogens is 406 g/mol. The lowest BCUT2D eigenvalue weighted by molar-refractivity contribution is -0.207. The summed E-state index contributed by atoms with van der Waals surface area (Å²) >= 11 is 0. The molecule has 156 valence electrons. The number of hydrogen-bond donors (Lipinski definition) is 1. The third-order valence-corrected chi connectivity index (χ3v) is 4.30. The van der Waals surface area contributed by atoms with Crippen molar-refractivity contribution in [2.24, 2.45) is 0 Å². The minimum absolute atomic E-state index is 0.244. The number of nitrogens with zero attached hydrogens (tertiary/aromatic N) is 5. The molecule has 1 aromatic carbocycles. The smallest absolute Gasteiger partial charge is 0.323 e. The second kappa shape index (κ2) is 8.11. The van der Waals surface area contributed by atoms with Crippen molar-refractivity contribution in [1.29, 1.82) is 0 Å². The molecule has 0 saturated heterocycles. The molecule has 30 heavy (non-hydrogen) atoms. The summed E-state index contributed by atoms with van der Waals surface area (Å²) in [6, 6.07) is 4.06. The van der Waals surface area contributed by atoms with Gasteiger partial charge in [0.05, 0.1) is 6.54 Å². The minimum Gasteiger partial charge on any atom is -0.377 e. The van der Waals surface area contributed by atoms with Crippen molar-refractivity contribution in [3.05, 3.63) is 77.4 Å². The van der Waals surface area contributed by atoms with Gasteiger partial charge in [-0.3, -0.25) is 9.78 Å². The lowest BCUT2D eigenvalue weighted by atomic mass is 9.84. The van der Waals surface area contributed by atoms with Gasteiger partial charge in [-0.2, -0.15) is 8.78 Å². The molecule has 0 aliphatic rings. The largest absolute Gasteiger partial charge is 0.377 e. The van der Waals surface area contributed by atoms with Gasteiger partial charge in [-0.25, -0.2) is 13.5 Å². The number of aromatic nitrogens is 5. The maximum atomic E-state index is 15.5. The number of ketones is 1. The van der Waals surface area contributed by atoms with E-state index in [-0.39, 0.29) is 5.78 Å². The van der Waals surface area contributed by atoms with E-state index in [1.54, 1.807) is 0 Å². The van der Waals surface area contributed by atoms with Gasteiger partial charge in [-0.1, -0.05) is 6.07 Å². The number of benzene rings is 1. The van der Waals surface area contributed by atoms with E-state index in [2.05, 4.69) is 20.5 Å². The number of rotatable bonds is 7. The van der Waals surface area contributed by atoms with Gasteiger partial charge >= 0.3 is 5.92 Å². The van der Waals surface area contributed by atoms with Crippen LogP contribution in [0, 0.1) is 11.6 Å². The van der Waals surface area contributed by atoms with Crippen LogP contribution in [0.1, 0.15) is 23.7 Å². The van der Waals surface area contributed by atoms with Crippen molar-refractivity contribution < 1.29 is 27.5 Å². The van der Waals surface area contributed by atoms with Crippen LogP contribution in [0.5, 0.6) is 0 Å². The second-order valence-electron chi connectivity index (χ2n) is 6.49. The number of allylic oxidation sites excluding steroid dienone is 1. The fourth-order valence-corrected chi connectivity index (χ4v) is 2.78. The Kier molecular flexibility index (Phi) is 5.74. The zero-order chi connectivity index (χ0) is 21.9. The maximum absolute atomic E-state index is 15.5. The predicted octanol–water partition coefficient (Wildman–Crippen LogP) is 2.63. The molecule has 0 amide bonds. The average Bonchev–Trinajstić information content (AvgIpc) is 3.19. The molecule has 1 N–H and O–H groups in total. The first-order chi connectivity index (χ1) is 14.1. The van der Waals surface area contributed by atoms with Crippen molar-refractivity contribution in [1.82, 2.24) is 25.2 Å². The van der Waals surface area contributed by atoms with E-state index in [1.807, 2.05) is 0 Å². The quantitative estimate of drug-likeness (QED) is 0.466. The number of pyridine rings is 1. The molecule has 3 rings (SSSR count). The Labute approximate surface area is 167 Å². The van der Waals surface area contributed by atoms with Crippen LogP contribution in [0.4, 0.5) is 17.6 Å². The SMILES string of the molecule is CC(=O)C=Cc1ccc(C(F)(F)C(O)(Cn2cnnn2)c2ccc(F)cc2F)nc1. The Morgan fingerprint density at radius 2 is 2.00 bits per heavy atom.